The van der Waals surface area contributed by atoms with Crippen molar-refractivity contribution < 1.29 is 13.6 Å². The van der Waals surface area contributed by atoms with Crippen molar-refractivity contribution in [3.8, 4) is 0 Å². The molecule has 1 saturated heterocycles. The third-order valence-corrected chi connectivity index (χ3v) is 4.83. The van der Waals surface area contributed by atoms with Gasteiger partial charge in [0.25, 0.3) is 5.91 Å². The lowest BCUT2D eigenvalue weighted by atomic mass is 10.1. The van der Waals surface area contributed by atoms with E-state index < -0.39 is 23.1 Å². The molecule has 1 amide bonds. The Hall–Kier alpha value is -2.47. The van der Waals surface area contributed by atoms with Crippen LogP contribution in [0.15, 0.2) is 36.4 Å². The van der Waals surface area contributed by atoms with Crippen molar-refractivity contribution >= 4 is 17.3 Å². The van der Waals surface area contributed by atoms with Gasteiger partial charge in [0.05, 0.1) is 0 Å². The largest absolute Gasteiger partial charge is 0.369 e. The standard InChI is InChI=1S/C20H23F2N3O/c1-3-24-9-11-25(12-10-24)15-7-8-18(14(2)13-15)23-20(26)19-16(21)5-4-6-17(19)22/h4-8,13H,3,9-12H2,1-2H3,(H,23,26). The fraction of sp³-hybridized carbons (Fsp3) is 0.350. The monoisotopic (exact) mass is 359 g/mol. The van der Waals surface area contributed by atoms with Crippen LogP contribution in [0.3, 0.4) is 0 Å². The summed E-state index contributed by atoms with van der Waals surface area (Å²) in [6.45, 7) is 9.07. The molecule has 0 spiro atoms. The van der Waals surface area contributed by atoms with Gasteiger partial charge in [-0.3, -0.25) is 4.79 Å². The maximum absolute atomic E-state index is 13.8. The zero-order chi connectivity index (χ0) is 18.7. The number of nitrogens with one attached hydrogen (secondary N) is 1. The molecule has 0 aromatic heterocycles. The zero-order valence-corrected chi connectivity index (χ0v) is 15.1. The second-order valence-corrected chi connectivity index (χ2v) is 6.47. The van der Waals surface area contributed by atoms with Crippen molar-refractivity contribution in [1.29, 1.82) is 0 Å². The highest BCUT2D eigenvalue weighted by Crippen LogP contribution is 2.25. The Morgan fingerprint density at radius 1 is 1.08 bits per heavy atom. The van der Waals surface area contributed by atoms with E-state index in [0.29, 0.717) is 5.69 Å². The molecule has 0 unspecified atom stereocenters. The smallest absolute Gasteiger partial charge is 0.261 e. The number of piperazine rings is 1. The van der Waals surface area contributed by atoms with Crippen LogP contribution in [-0.4, -0.2) is 43.5 Å². The number of hydrogen-bond acceptors (Lipinski definition) is 3. The Morgan fingerprint density at radius 2 is 1.73 bits per heavy atom. The maximum Gasteiger partial charge on any atom is 0.261 e. The highest BCUT2D eigenvalue weighted by atomic mass is 19.1. The minimum atomic E-state index is -0.870. The molecule has 1 aliphatic heterocycles. The molecule has 6 heteroatoms. The molecule has 1 fully saturated rings. The van der Waals surface area contributed by atoms with Crippen LogP contribution in [0, 0.1) is 18.6 Å². The van der Waals surface area contributed by atoms with Gasteiger partial charge < -0.3 is 15.1 Å². The average Bonchev–Trinajstić information content (AvgIpc) is 2.63. The van der Waals surface area contributed by atoms with E-state index in [-0.39, 0.29) is 0 Å². The Morgan fingerprint density at radius 3 is 2.31 bits per heavy atom. The van der Waals surface area contributed by atoms with Gasteiger partial charge in [-0.15, -0.1) is 0 Å². The summed E-state index contributed by atoms with van der Waals surface area (Å²) in [4.78, 5) is 17.0. The predicted molar refractivity (Wildman–Crippen MR) is 99.8 cm³/mol. The molecular formula is C20H23F2N3O. The van der Waals surface area contributed by atoms with Crippen molar-refractivity contribution in [2.24, 2.45) is 0 Å². The highest BCUT2D eigenvalue weighted by molar-refractivity contribution is 6.05. The number of amides is 1. The molecular weight excluding hydrogens is 336 g/mol. The Labute approximate surface area is 152 Å². The maximum atomic E-state index is 13.8. The molecule has 2 aromatic carbocycles. The third kappa shape index (κ3) is 3.85. The predicted octanol–water partition coefficient (Wildman–Crippen LogP) is 3.67. The van der Waals surface area contributed by atoms with Crippen molar-refractivity contribution in [2.45, 2.75) is 13.8 Å². The fourth-order valence-electron chi connectivity index (χ4n) is 3.21. The minimum Gasteiger partial charge on any atom is -0.369 e. The van der Waals surface area contributed by atoms with Gasteiger partial charge in [0.15, 0.2) is 0 Å². The number of likely N-dealkylation sites (N-methyl/N-ethyl adjacent to an activating group) is 1. The van der Waals surface area contributed by atoms with Crippen molar-refractivity contribution in [3.63, 3.8) is 0 Å². The van der Waals surface area contributed by atoms with E-state index in [4.69, 9.17) is 0 Å². The molecule has 26 heavy (non-hydrogen) atoms. The lowest BCUT2D eigenvalue weighted by molar-refractivity contribution is 0.101. The molecule has 0 bridgehead atoms. The number of hydrogen-bond donors (Lipinski definition) is 1. The molecule has 0 aliphatic carbocycles. The lowest BCUT2D eigenvalue weighted by Gasteiger charge is -2.35. The molecule has 0 radical (unpaired) electrons. The van der Waals surface area contributed by atoms with Gasteiger partial charge >= 0.3 is 0 Å². The van der Waals surface area contributed by atoms with E-state index in [1.807, 2.05) is 19.1 Å². The van der Waals surface area contributed by atoms with E-state index in [9.17, 15) is 13.6 Å². The third-order valence-electron chi connectivity index (χ3n) is 4.83. The van der Waals surface area contributed by atoms with Crippen LogP contribution in [0.2, 0.25) is 0 Å². The molecule has 4 nitrogen and oxygen atoms in total. The molecule has 1 N–H and O–H groups in total. The first kappa shape index (κ1) is 18.3. The van der Waals surface area contributed by atoms with Gasteiger partial charge in [0.1, 0.15) is 17.2 Å². The first-order valence-electron chi connectivity index (χ1n) is 8.83. The number of rotatable bonds is 4. The number of halogens is 2. The first-order chi connectivity index (χ1) is 12.5. The van der Waals surface area contributed by atoms with Gasteiger partial charge in [0, 0.05) is 37.6 Å². The average molecular weight is 359 g/mol. The summed E-state index contributed by atoms with van der Waals surface area (Å²) in [7, 11) is 0. The van der Waals surface area contributed by atoms with E-state index in [1.165, 1.54) is 6.07 Å². The van der Waals surface area contributed by atoms with Gasteiger partial charge in [-0.1, -0.05) is 13.0 Å². The van der Waals surface area contributed by atoms with Crippen LogP contribution in [0.25, 0.3) is 0 Å². The second-order valence-electron chi connectivity index (χ2n) is 6.47. The van der Waals surface area contributed by atoms with Gasteiger partial charge in [-0.25, -0.2) is 8.78 Å². The van der Waals surface area contributed by atoms with Crippen LogP contribution in [-0.2, 0) is 0 Å². The highest BCUT2D eigenvalue weighted by Gasteiger charge is 2.19. The summed E-state index contributed by atoms with van der Waals surface area (Å²) in [6.07, 6.45) is 0. The first-order valence-corrected chi connectivity index (χ1v) is 8.83. The molecule has 1 aliphatic rings. The molecule has 2 aromatic rings. The van der Waals surface area contributed by atoms with Crippen LogP contribution in [0.1, 0.15) is 22.8 Å². The van der Waals surface area contributed by atoms with Crippen LogP contribution in [0.5, 0.6) is 0 Å². The number of aryl methyl sites for hydroxylation is 1. The van der Waals surface area contributed by atoms with Crippen LogP contribution in [0.4, 0.5) is 20.2 Å². The van der Waals surface area contributed by atoms with E-state index in [1.54, 1.807) is 6.07 Å². The van der Waals surface area contributed by atoms with Gasteiger partial charge in [-0.2, -0.15) is 0 Å². The van der Waals surface area contributed by atoms with Crippen molar-refractivity contribution in [1.82, 2.24) is 4.90 Å². The van der Waals surface area contributed by atoms with E-state index in [2.05, 4.69) is 22.0 Å². The Bertz CT molecular complexity index is 781. The van der Waals surface area contributed by atoms with E-state index in [0.717, 1.165) is 56.1 Å². The number of carbonyl (C=O) groups is 1. The summed E-state index contributed by atoms with van der Waals surface area (Å²) in [5.41, 5.74) is 1.93. The molecule has 3 rings (SSSR count). The lowest BCUT2D eigenvalue weighted by Crippen LogP contribution is -2.46. The zero-order valence-electron chi connectivity index (χ0n) is 15.1. The summed E-state index contributed by atoms with van der Waals surface area (Å²) < 4.78 is 27.5. The van der Waals surface area contributed by atoms with Crippen LogP contribution >= 0.6 is 0 Å². The molecule has 0 atom stereocenters. The minimum absolute atomic E-state index is 0.550. The Kier molecular flexibility index (Phi) is 5.52. The topological polar surface area (TPSA) is 35.6 Å². The fourth-order valence-corrected chi connectivity index (χ4v) is 3.21. The van der Waals surface area contributed by atoms with Gasteiger partial charge in [0.2, 0.25) is 0 Å². The SMILES string of the molecule is CCN1CCN(c2ccc(NC(=O)c3c(F)cccc3F)c(C)c2)CC1. The van der Waals surface area contributed by atoms with Crippen molar-refractivity contribution in [3.05, 3.63) is 59.2 Å². The summed E-state index contributed by atoms with van der Waals surface area (Å²) in [5, 5.41) is 2.61. The quantitative estimate of drug-likeness (QED) is 0.905. The Balaban J connectivity index is 1.73. The van der Waals surface area contributed by atoms with Gasteiger partial charge in [-0.05, 0) is 49.4 Å². The number of nitrogens with zero attached hydrogens (tertiary/aromatic N) is 2. The normalized spacial score (nSPS) is 15.2. The van der Waals surface area contributed by atoms with E-state index >= 15 is 0 Å². The summed E-state index contributed by atoms with van der Waals surface area (Å²) in [5.74, 6) is -2.52. The number of carbonyl (C=O) groups excluding carboxylic acids is 1. The molecule has 1 heterocycles. The second kappa shape index (κ2) is 7.83. The summed E-state index contributed by atoms with van der Waals surface area (Å²) >= 11 is 0. The summed E-state index contributed by atoms with van der Waals surface area (Å²) in [6, 6.07) is 9.10. The molecule has 138 valence electrons. The molecule has 0 saturated carbocycles. The van der Waals surface area contributed by atoms with Crippen LogP contribution < -0.4 is 10.2 Å². The number of benzene rings is 2. The number of anilines is 2. The van der Waals surface area contributed by atoms with Crippen molar-refractivity contribution in [2.75, 3.05) is 42.9 Å².